The highest BCUT2D eigenvalue weighted by Crippen LogP contribution is 2.59. The van der Waals surface area contributed by atoms with Crippen LogP contribution < -0.4 is 0 Å². The topological polar surface area (TPSA) is 20.2 Å². The van der Waals surface area contributed by atoms with E-state index in [4.69, 9.17) is 11.8 Å². The Bertz CT molecular complexity index is 138. The normalized spacial score (nSPS) is 19.2. The van der Waals surface area contributed by atoms with E-state index in [-0.39, 0.29) is 5.16 Å². The highest BCUT2D eigenvalue weighted by atomic mass is 32.9. The van der Waals surface area contributed by atoms with Gasteiger partial charge in [-0.3, -0.25) is 0 Å². The molecule has 0 amide bonds. The molecule has 4 heteroatoms. The van der Waals surface area contributed by atoms with Gasteiger partial charge in [0.25, 0.3) is 0 Å². The summed E-state index contributed by atoms with van der Waals surface area (Å²) in [6, 6.07) is 0. The lowest BCUT2D eigenvalue weighted by Crippen LogP contribution is -2.15. The second-order valence-electron chi connectivity index (χ2n) is 2.71. The van der Waals surface area contributed by atoms with Gasteiger partial charge in [-0.1, -0.05) is 32.6 Å². The molecule has 0 aromatic heterocycles. The molecule has 9 heavy (non-hydrogen) atoms. The quantitative estimate of drug-likeness (QED) is 0.507. The average Bonchev–Trinajstić information content (AvgIpc) is 1.64. The van der Waals surface area contributed by atoms with Crippen LogP contribution in [0.2, 0.25) is 0 Å². The van der Waals surface area contributed by atoms with E-state index in [9.17, 15) is 4.89 Å². The second kappa shape index (κ2) is 2.91. The maximum Gasteiger partial charge on any atom is 0.119 e. The van der Waals surface area contributed by atoms with E-state index in [1.165, 1.54) is 0 Å². The van der Waals surface area contributed by atoms with Crippen LogP contribution in [0.4, 0.5) is 0 Å². The van der Waals surface area contributed by atoms with Gasteiger partial charge in [-0.05, 0) is 6.42 Å². The predicted molar refractivity (Wildman–Crippen MR) is 49.9 cm³/mol. The SMILES string of the molecule is CCC(C)(C)P(O)(=S)S. The summed E-state index contributed by atoms with van der Waals surface area (Å²) in [5.41, 5.74) is -2.34. The zero-order valence-electron chi connectivity index (χ0n) is 5.96. The van der Waals surface area contributed by atoms with Crippen LogP contribution in [0.15, 0.2) is 0 Å². The molecule has 56 valence electrons. The molecule has 1 nitrogen and oxygen atoms in total. The Balaban J connectivity index is 4.34. The van der Waals surface area contributed by atoms with Crippen LogP contribution in [-0.2, 0) is 11.8 Å². The standard InChI is InChI=1S/C5H13OPS2/c1-4-5(2,3)7(6,8)9/h4H2,1-3H3,(H2,6,8,9). The molecule has 0 rings (SSSR count). The molecule has 0 aliphatic carbocycles. The van der Waals surface area contributed by atoms with E-state index in [2.05, 4.69) is 12.2 Å². The fourth-order valence-electron chi connectivity index (χ4n) is 0.206. The Morgan fingerprint density at radius 1 is 1.67 bits per heavy atom. The zero-order chi connectivity index (χ0) is 7.71. The lowest BCUT2D eigenvalue weighted by Gasteiger charge is -2.28. The van der Waals surface area contributed by atoms with Crippen LogP contribution >= 0.6 is 17.7 Å². The fraction of sp³-hybridized carbons (Fsp3) is 1.00. The van der Waals surface area contributed by atoms with Gasteiger partial charge in [0.1, 0.15) is 5.47 Å². The highest BCUT2D eigenvalue weighted by Gasteiger charge is 2.28. The molecule has 0 aliphatic heterocycles. The van der Waals surface area contributed by atoms with Crippen molar-refractivity contribution < 1.29 is 4.89 Å². The van der Waals surface area contributed by atoms with Crippen LogP contribution in [0.3, 0.4) is 0 Å². The molecular formula is C5H13OPS2. The van der Waals surface area contributed by atoms with Crippen molar-refractivity contribution in [3.8, 4) is 0 Å². The molecular weight excluding hydrogens is 171 g/mol. The lowest BCUT2D eigenvalue weighted by molar-refractivity contribution is 0.564. The van der Waals surface area contributed by atoms with E-state index in [1.54, 1.807) is 0 Å². The van der Waals surface area contributed by atoms with Crippen molar-refractivity contribution in [2.75, 3.05) is 0 Å². The van der Waals surface area contributed by atoms with Crippen molar-refractivity contribution in [2.24, 2.45) is 0 Å². The monoisotopic (exact) mass is 184 g/mol. The van der Waals surface area contributed by atoms with E-state index in [1.807, 2.05) is 20.8 Å². The second-order valence-corrected chi connectivity index (χ2v) is 9.14. The average molecular weight is 184 g/mol. The van der Waals surface area contributed by atoms with Crippen molar-refractivity contribution in [2.45, 2.75) is 32.3 Å². The molecule has 1 N–H and O–H groups in total. The maximum atomic E-state index is 9.34. The molecule has 1 unspecified atom stereocenters. The number of rotatable bonds is 2. The third-order valence-electron chi connectivity index (χ3n) is 1.65. The zero-order valence-corrected chi connectivity index (χ0v) is 8.56. The molecule has 0 saturated carbocycles. The number of hydrogen-bond donors (Lipinski definition) is 2. The number of hydrogen-bond acceptors (Lipinski definition) is 1. The summed E-state index contributed by atoms with van der Waals surface area (Å²) in [6.07, 6.45) is 0.879. The van der Waals surface area contributed by atoms with Gasteiger partial charge in [-0.25, -0.2) is 0 Å². The fourth-order valence-corrected chi connectivity index (χ4v) is 1.43. The third kappa shape index (κ3) is 2.58. The summed E-state index contributed by atoms with van der Waals surface area (Å²) >= 11 is 8.85. The minimum absolute atomic E-state index is 0.175. The van der Waals surface area contributed by atoms with Gasteiger partial charge in [0.15, 0.2) is 0 Å². The highest BCUT2D eigenvalue weighted by molar-refractivity contribution is 8.61. The molecule has 0 aromatic carbocycles. The smallest absolute Gasteiger partial charge is 0.119 e. The Hall–Kier alpha value is 0.960. The summed E-state index contributed by atoms with van der Waals surface area (Å²) in [5, 5.41) is -0.175. The summed E-state index contributed by atoms with van der Waals surface area (Å²) in [7, 11) is 0. The van der Waals surface area contributed by atoms with Gasteiger partial charge in [-0.15, -0.1) is 12.2 Å². The van der Waals surface area contributed by atoms with Crippen LogP contribution in [0.5, 0.6) is 0 Å². The largest absolute Gasteiger partial charge is 0.357 e. The van der Waals surface area contributed by atoms with Crippen molar-refractivity contribution in [3.63, 3.8) is 0 Å². The molecule has 0 fully saturated rings. The van der Waals surface area contributed by atoms with Crippen LogP contribution in [0.1, 0.15) is 27.2 Å². The molecule has 0 bridgehead atoms. The predicted octanol–water partition coefficient (Wildman–Crippen LogP) is 2.41. The maximum absolute atomic E-state index is 9.34. The van der Waals surface area contributed by atoms with Crippen LogP contribution in [-0.4, -0.2) is 10.0 Å². The van der Waals surface area contributed by atoms with E-state index in [0.717, 1.165) is 6.42 Å². The molecule has 1 atom stereocenters. The first kappa shape index (κ1) is 9.96. The van der Waals surface area contributed by atoms with Crippen LogP contribution in [0.25, 0.3) is 0 Å². The summed E-state index contributed by atoms with van der Waals surface area (Å²) in [5.74, 6) is 0. The van der Waals surface area contributed by atoms with Crippen molar-refractivity contribution in [1.82, 2.24) is 0 Å². The van der Waals surface area contributed by atoms with Gasteiger partial charge >= 0.3 is 0 Å². The molecule has 0 heterocycles. The molecule has 0 radical (unpaired) electrons. The Morgan fingerprint density at radius 2 is 2.00 bits per heavy atom. The van der Waals surface area contributed by atoms with Gasteiger partial charge in [0.2, 0.25) is 0 Å². The van der Waals surface area contributed by atoms with E-state index >= 15 is 0 Å². The van der Waals surface area contributed by atoms with Gasteiger partial charge in [0, 0.05) is 5.16 Å². The Kier molecular flexibility index (Phi) is 3.22. The summed E-state index contributed by atoms with van der Waals surface area (Å²) in [4.78, 5) is 9.34. The number of thiol groups is 1. The molecule has 0 spiro atoms. The van der Waals surface area contributed by atoms with Crippen molar-refractivity contribution >= 4 is 29.5 Å². The summed E-state index contributed by atoms with van der Waals surface area (Å²) < 4.78 is 0. The lowest BCUT2D eigenvalue weighted by atomic mass is 10.1. The molecule has 0 aromatic rings. The Morgan fingerprint density at radius 3 is 2.00 bits per heavy atom. The minimum Gasteiger partial charge on any atom is -0.357 e. The minimum atomic E-state index is -2.34. The van der Waals surface area contributed by atoms with Gasteiger partial charge in [-0.2, -0.15) is 0 Å². The van der Waals surface area contributed by atoms with E-state index < -0.39 is 5.47 Å². The molecule has 0 aliphatic rings. The van der Waals surface area contributed by atoms with E-state index in [0.29, 0.717) is 0 Å². The van der Waals surface area contributed by atoms with Crippen LogP contribution in [0, 0.1) is 0 Å². The van der Waals surface area contributed by atoms with Crippen molar-refractivity contribution in [1.29, 1.82) is 0 Å². The van der Waals surface area contributed by atoms with Gasteiger partial charge < -0.3 is 4.89 Å². The van der Waals surface area contributed by atoms with Crippen molar-refractivity contribution in [3.05, 3.63) is 0 Å². The van der Waals surface area contributed by atoms with Gasteiger partial charge in [0.05, 0.1) is 0 Å². The molecule has 0 saturated heterocycles. The Labute approximate surface area is 67.1 Å². The first-order chi connectivity index (χ1) is 3.81. The summed E-state index contributed by atoms with van der Waals surface area (Å²) in [6.45, 7) is 5.90. The third-order valence-corrected chi connectivity index (χ3v) is 6.65. The first-order valence-electron chi connectivity index (χ1n) is 2.87. The first-order valence-corrected chi connectivity index (χ1v) is 6.77.